The molecule has 0 spiro atoms. The molecule has 1 N–H and O–H groups in total. The van der Waals surface area contributed by atoms with Crippen molar-refractivity contribution in [2.45, 2.75) is 26.7 Å². The molecule has 0 aliphatic heterocycles. The molecule has 0 saturated heterocycles. The molecular formula is C15H16N2O2. The quantitative estimate of drug-likeness (QED) is 0.674. The number of unbranched alkanes of at least 4 members (excludes halogenated alkanes) is 1. The number of aromatic nitrogens is 1. The lowest BCUT2D eigenvalue weighted by atomic mass is 10.1. The summed E-state index contributed by atoms with van der Waals surface area (Å²) in [4.78, 5) is 15.1. The SMILES string of the molecule is Cc1[nH]c2ccc(C(=O)OCCCC#N)cc2c1C. The Balaban J connectivity index is 2.14. The first kappa shape index (κ1) is 13.2. The molecule has 0 saturated carbocycles. The molecule has 0 radical (unpaired) electrons. The van der Waals surface area contributed by atoms with Crippen LogP contribution in [0.5, 0.6) is 0 Å². The second-order valence-corrected chi connectivity index (χ2v) is 4.53. The summed E-state index contributed by atoms with van der Waals surface area (Å²) in [5.74, 6) is -0.335. The van der Waals surface area contributed by atoms with Crippen molar-refractivity contribution in [1.29, 1.82) is 5.26 Å². The van der Waals surface area contributed by atoms with Gasteiger partial charge in [-0.25, -0.2) is 4.79 Å². The molecule has 98 valence electrons. The molecule has 0 aliphatic rings. The highest BCUT2D eigenvalue weighted by molar-refractivity contribution is 5.96. The number of hydrogen-bond donors (Lipinski definition) is 1. The molecule has 19 heavy (non-hydrogen) atoms. The number of aryl methyl sites for hydroxylation is 2. The number of nitrogens with one attached hydrogen (secondary N) is 1. The van der Waals surface area contributed by atoms with Gasteiger partial charge in [-0.1, -0.05) is 0 Å². The fraction of sp³-hybridized carbons (Fsp3) is 0.333. The van der Waals surface area contributed by atoms with Crippen molar-refractivity contribution in [3.63, 3.8) is 0 Å². The minimum absolute atomic E-state index is 0.287. The zero-order chi connectivity index (χ0) is 13.8. The number of nitriles is 1. The van der Waals surface area contributed by atoms with E-state index in [1.54, 1.807) is 6.07 Å². The van der Waals surface area contributed by atoms with E-state index in [1.165, 1.54) is 0 Å². The number of rotatable bonds is 4. The third-order valence-corrected chi connectivity index (χ3v) is 3.21. The zero-order valence-electron chi connectivity index (χ0n) is 11.1. The Labute approximate surface area is 112 Å². The second-order valence-electron chi connectivity index (χ2n) is 4.53. The van der Waals surface area contributed by atoms with Crippen LogP contribution in [0.15, 0.2) is 18.2 Å². The number of nitrogens with zero attached hydrogens (tertiary/aromatic N) is 1. The van der Waals surface area contributed by atoms with E-state index >= 15 is 0 Å². The summed E-state index contributed by atoms with van der Waals surface area (Å²) < 4.78 is 5.13. The number of benzene rings is 1. The van der Waals surface area contributed by atoms with Gasteiger partial charge in [-0.05, 0) is 44.0 Å². The predicted molar refractivity (Wildman–Crippen MR) is 72.9 cm³/mol. The number of carbonyl (C=O) groups is 1. The Morgan fingerprint density at radius 2 is 2.21 bits per heavy atom. The smallest absolute Gasteiger partial charge is 0.338 e. The van der Waals surface area contributed by atoms with Gasteiger partial charge in [0.25, 0.3) is 0 Å². The van der Waals surface area contributed by atoms with Crippen molar-refractivity contribution in [2.24, 2.45) is 0 Å². The molecule has 0 fully saturated rings. The van der Waals surface area contributed by atoms with E-state index in [9.17, 15) is 4.79 Å². The molecule has 1 aromatic carbocycles. The Kier molecular flexibility index (Phi) is 3.86. The molecule has 1 heterocycles. The largest absolute Gasteiger partial charge is 0.462 e. The van der Waals surface area contributed by atoms with Crippen molar-refractivity contribution >= 4 is 16.9 Å². The van der Waals surface area contributed by atoms with Crippen LogP contribution in [-0.2, 0) is 4.74 Å². The number of fused-ring (bicyclic) bond motifs is 1. The molecule has 0 atom stereocenters. The van der Waals surface area contributed by atoms with Crippen molar-refractivity contribution < 1.29 is 9.53 Å². The summed E-state index contributed by atoms with van der Waals surface area (Å²) in [6.07, 6.45) is 0.981. The van der Waals surface area contributed by atoms with Gasteiger partial charge in [-0.15, -0.1) is 0 Å². The third kappa shape index (κ3) is 2.76. The minimum Gasteiger partial charge on any atom is -0.462 e. The van der Waals surface area contributed by atoms with Crippen molar-refractivity contribution in [3.8, 4) is 6.07 Å². The summed E-state index contributed by atoms with van der Waals surface area (Å²) in [5, 5.41) is 9.45. The van der Waals surface area contributed by atoms with Gasteiger partial charge in [-0.2, -0.15) is 5.26 Å². The normalized spacial score (nSPS) is 10.4. The molecule has 2 aromatic rings. The lowest BCUT2D eigenvalue weighted by molar-refractivity contribution is 0.0502. The molecule has 0 bridgehead atoms. The number of carbonyl (C=O) groups excluding carboxylic acids is 1. The Bertz CT molecular complexity index is 650. The Hall–Kier alpha value is -2.28. The van der Waals surface area contributed by atoms with E-state index < -0.39 is 0 Å². The topological polar surface area (TPSA) is 65.9 Å². The number of ether oxygens (including phenoxy) is 1. The molecule has 4 nitrogen and oxygen atoms in total. The van der Waals surface area contributed by atoms with Crippen molar-refractivity contribution in [1.82, 2.24) is 4.98 Å². The highest BCUT2D eigenvalue weighted by atomic mass is 16.5. The van der Waals surface area contributed by atoms with Crippen LogP contribution in [-0.4, -0.2) is 17.6 Å². The summed E-state index contributed by atoms with van der Waals surface area (Å²) in [7, 11) is 0. The van der Waals surface area contributed by atoms with Crippen molar-refractivity contribution in [2.75, 3.05) is 6.61 Å². The number of hydrogen-bond acceptors (Lipinski definition) is 3. The molecule has 0 aliphatic carbocycles. The fourth-order valence-corrected chi connectivity index (χ4v) is 1.99. The van der Waals surface area contributed by atoms with E-state index in [2.05, 4.69) is 4.98 Å². The van der Waals surface area contributed by atoms with Crippen LogP contribution in [0.1, 0.15) is 34.5 Å². The van der Waals surface area contributed by atoms with E-state index in [-0.39, 0.29) is 12.6 Å². The molecular weight excluding hydrogens is 240 g/mol. The van der Waals surface area contributed by atoms with E-state index in [1.807, 2.05) is 32.0 Å². The lowest BCUT2D eigenvalue weighted by Gasteiger charge is -2.03. The maximum absolute atomic E-state index is 11.9. The van der Waals surface area contributed by atoms with E-state index in [0.29, 0.717) is 18.4 Å². The van der Waals surface area contributed by atoms with Crippen LogP contribution in [0.3, 0.4) is 0 Å². The van der Waals surface area contributed by atoms with Crippen LogP contribution in [0.2, 0.25) is 0 Å². The van der Waals surface area contributed by atoms with Gasteiger partial charge in [0.05, 0.1) is 18.2 Å². The van der Waals surface area contributed by atoms with Gasteiger partial charge in [0.15, 0.2) is 0 Å². The summed E-state index contributed by atoms with van der Waals surface area (Å²) in [5.41, 5.74) is 3.83. The first-order valence-corrected chi connectivity index (χ1v) is 6.26. The van der Waals surface area contributed by atoms with Gasteiger partial charge in [0, 0.05) is 23.0 Å². The Morgan fingerprint density at radius 1 is 1.42 bits per heavy atom. The summed E-state index contributed by atoms with van der Waals surface area (Å²) in [6, 6.07) is 7.51. The first-order valence-electron chi connectivity index (χ1n) is 6.26. The van der Waals surface area contributed by atoms with Gasteiger partial charge < -0.3 is 9.72 Å². The monoisotopic (exact) mass is 256 g/mol. The highest BCUT2D eigenvalue weighted by Gasteiger charge is 2.10. The fourth-order valence-electron chi connectivity index (χ4n) is 1.99. The number of H-pyrrole nitrogens is 1. The standard InChI is InChI=1S/C15H16N2O2/c1-10-11(2)17-14-6-5-12(9-13(10)14)15(18)19-8-4-3-7-16/h5-6,9,17H,3-4,8H2,1-2H3. The van der Waals surface area contributed by atoms with Gasteiger partial charge in [-0.3, -0.25) is 0 Å². The lowest BCUT2D eigenvalue weighted by Crippen LogP contribution is -2.06. The zero-order valence-corrected chi connectivity index (χ0v) is 11.1. The molecule has 2 rings (SSSR count). The summed E-state index contributed by atoms with van der Waals surface area (Å²) in [6.45, 7) is 4.32. The van der Waals surface area contributed by atoms with Crippen molar-refractivity contribution in [3.05, 3.63) is 35.0 Å². The van der Waals surface area contributed by atoms with Crippen LogP contribution >= 0.6 is 0 Å². The number of esters is 1. The van der Waals surface area contributed by atoms with Crippen LogP contribution in [0.25, 0.3) is 10.9 Å². The van der Waals surface area contributed by atoms with E-state index in [4.69, 9.17) is 10.00 Å². The van der Waals surface area contributed by atoms with Crippen LogP contribution < -0.4 is 0 Å². The second kappa shape index (κ2) is 5.57. The van der Waals surface area contributed by atoms with Crippen LogP contribution in [0, 0.1) is 25.2 Å². The van der Waals surface area contributed by atoms with Gasteiger partial charge in [0.2, 0.25) is 0 Å². The predicted octanol–water partition coefficient (Wildman–Crippen LogP) is 3.25. The maximum Gasteiger partial charge on any atom is 0.338 e. The maximum atomic E-state index is 11.9. The average Bonchev–Trinajstić information content (AvgIpc) is 2.70. The molecule has 4 heteroatoms. The highest BCUT2D eigenvalue weighted by Crippen LogP contribution is 2.22. The molecule has 0 unspecified atom stereocenters. The average molecular weight is 256 g/mol. The first-order chi connectivity index (χ1) is 9.13. The minimum atomic E-state index is -0.335. The summed E-state index contributed by atoms with van der Waals surface area (Å²) >= 11 is 0. The molecule has 0 amide bonds. The molecule has 1 aromatic heterocycles. The third-order valence-electron chi connectivity index (χ3n) is 3.21. The van der Waals surface area contributed by atoms with E-state index in [0.717, 1.165) is 22.2 Å². The Morgan fingerprint density at radius 3 is 2.95 bits per heavy atom. The van der Waals surface area contributed by atoms with Gasteiger partial charge >= 0.3 is 5.97 Å². The van der Waals surface area contributed by atoms with Gasteiger partial charge in [0.1, 0.15) is 0 Å². The van der Waals surface area contributed by atoms with Crippen LogP contribution in [0.4, 0.5) is 0 Å². The number of aromatic amines is 1.